The largest absolute Gasteiger partial charge is 0.381 e. The minimum Gasteiger partial charge on any atom is -0.381 e. The van der Waals surface area contributed by atoms with Crippen LogP contribution in [0.15, 0.2) is 0 Å². The predicted octanol–water partition coefficient (Wildman–Crippen LogP) is -0.613. The number of ether oxygens (including phenoxy) is 1. The van der Waals surface area contributed by atoms with Gasteiger partial charge in [0.1, 0.15) is 10.5 Å². The van der Waals surface area contributed by atoms with Crippen LogP contribution in [0.2, 0.25) is 0 Å². The quantitative estimate of drug-likeness (QED) is 0.538. The minimum absolute atomic E-state index is 0.257. The Balaban J connectivity index is 2.08. The fraction of sp³-hybridized carbons (Fsp3) is 0.833. The van der Waals surface area contributed by atoms with Gasteiger partial charge >= 0.3 is 0 Å². The Hall–Kier alpha value is 0.230. The van der Waals surface area contributed by atoms with Crippen LogP contribution < -0.4 is 0 Å². The van der Waals surface area contributed by atoms with Gasteiger partial charge in [-0.15, -0.1) is 11.8 Å². The smallest absolute Gasteiger partial charge is 0.149 e. The standard InChI is InChI=1S/C6H9O3S/c7-5(3-9-4-5)6(8)1-2-10-6/h1,7-8H,2-4H2. The second kappa shape index (κ2) is 1.88. The van der Waals surface area contributed by atoms with E-state index in [1.54, 1.807) is 6.42 Å². The molecule has 0 aromatic rings. The molecule has 0 saturated carbocycles. The van der Waals surface area contributed by atoms with Crippen LogP contribution in [-0.2, 0) is 4.74 Å². The van der Waals surface area contributed by atoms with E-state index in [1.807, 2.05) is 0 Å². The summed E-state index contributed by atoms with van der Waals surface area (Å²) in [4.78, 5) is -1.02. The first-order valence-electron chi connectivity index (χ1n) is 3.17. The lowest BCUT2D eigenvalue weighted by molar-refractivity contribution is -0.231. The van der Waals surface area contributed by atoms with Gasteiger partial charge in [0.25, 0.3) is 0 Å². The first-order valence-corrected chi connectivity index (χ1v) is 4.16. The maximum absolute atomic E-state index is 9.57. The molecule has 0 aromatic carbocycles. The van der Waals surface area contributed by atoms with Crippen LogP contribution in [0.4, 0.5) is 0 Å². The summed E-state index contributed by atoms with van der Waals surface area (Å²) < 4.78 is 4.82. The number of aliphatic hydroxyl groups is 2. The van der Waals surface area contributed by atoms with Crippen molar-refractivity contribution in [3.05, 3.63) is 6.42 Å². The van der Waals surface area contributed by atoms with Crippen LogP contribution in [-0.4, -0.2) is 39.7 Å². The van der Waals surface area contributed by atoms with Crippen LogP contribution in [0, 0.1) is 6.42 Å². The highest BCUT2D eigenvalue weighted by molar-refractivity contribution is 8.02. The highest BCUT2D eigenvalue weighted by Crippen LogP contribution is 2.48. The third-order valence-electron chi connectivity index (χ3n) is 2.01. The summed E-state index contributed by atoms with van der Waals surface area (Å²) in [5, 5.41) is 19.1. The fourth-order valence-electron chi connectivity index (χ4n) is 1.07. The fourth-order valence-corrected chi connectivity index (χ4v) is 1.94. The Morgan fingerprint density at radius 1 is 1.40 bits per heavy atom. The number of thioether (sulfide) groups is 1. The van der Waals surface area contributed by atoms with E-state index < -0.39 is 10.5 Å². The molecule has 10 heavy (non-hydrogen) atoms. The Morgan fingerprint density at radius 2 is 2.00 bits per heavy atom. The molecule has 2 fully saturated rings. The second-order valence-corrected chi connectivity index (χ2v) is 3.98. The van der Waals surface area contributed by atoms with E-state index in [-0.39, 0.29) is 13.2 Å². The van der Waals surface area contributed by atoms with E-state index in [9.17, 15) is 10.2 Å². The van der Waals surface area contributed by atoms with Crippen molar-refractivity contribution in [1.29, 1.82) is 0 Å². The topological polar surface area (TPSA) is 49.7 Å². The molecule has 2 aliphatic heterocycles. The highest BCUT2D eigenvalue weighted by Gasteiger charge is 2.58. The summed E-state index contributed by atoms with van der Waals surface area (Å²) in [7, 11) is 0. The van der Waals surface area contributed by atoms with Gasteiger partial charge in [0.05, 0.1) is 13.2 Å². The van der Waals surface area contributed by atoms with Gasteiger partial charge in [-0.2, -0.15) is 0 Å². The van der Waals surface area contributed by atoms with E-state index in [1.165, 1.54) is 11.8 Å². The lowest BCUT2D eigenvalue weighted by Crippen LogP contribution is -2.67. The minimum atomic E-state index is -1.02. The van der Waals surface area contributed by atoms with E-state index in [0.717, 1.165) is 5.75 Å². The third kappa shape index (κ3) is 0.676. The lowest BCUT2D eigenvalue weighted by Gasteiger charge is -2.52. The normalized spacial score (nSPS) is 43.8. The molecule has 2 heterocycles. The zero-order valence-corrected chi connectivity index (χ0v) is 6.23. The van der Waals surface area contributed by atoms with Crippen molar-refractivity contribution in [3.63, 3.8) is 0 Å². The molecule has 1 radical (unpaired) electrons. The van der Waals surface area contributed by atoms with Gasteiger partial charge in [-0.3, -0.25) is 0 Å². The maximum atomic E-state index is 9.57. The molecule has 2 rings (SSSR count). The van der Waals surface area contributed by atoms with Crippen LogP contribution in [0.5, 0.6) is 0 Å². The van der Waals surface area contributed by atoms with Gasteiger partial charge in [0.15, 0.2) is 0 Å². The Bertz CT molecular complexity index is 133. The first-order chi connectivity index (χ1) is 4.66. The summed E-state index contributed by atoms with van der Waals surface area (Å²) in [5.41, 5.74) is -1.00. The second-order valence-electron chi connectivity index (χ2n) is 2.74. The van der Waals surface area contributed by atoms with Crippen molar-refractivity contribution >= 4 is 11.8 Å². The van der Waals surface area contributed by atoms with Gasteiger partial charge in [-0.25, -0.2) is 0 Å². The molecule has 2 saturated heterocycles. The molecule has 57 valence electrons. The zero-order chi connectivity index (χ0) is 7.24. The number of hydrogen-bond acceptors (Lipinski definition) is 4. The SMILES string of the molecule is OC1(C2(O)[CH]CS2)COC1. The van der Waals surface area contributed by atoms with Crippen molar-refractivity contribution in [2.45, 2.75) is 10.5 Å². The van der Waals surface area contributed by atoms with Crippen LogP contribution >= 0.6 is 11.8 Å². The monoisotopic (exact) mass is 161 g/mol. The molecule has 1 unspecified atom stereocenters. The van der Waals surface area contributed by atoms with Crippen LogP contribution in [0.3, 0.4) is 0 Å². The molecule has 2 aliphatic rings. The van der Waals surface area contributed by atoms with Crippen molar-refractivity contribution in [2.75, 3.05) is 19.0 Å². The molecular formula is C6H9O3S. The summed E-state index contributed by atoms with van der Waals surface area (Å²) in [6, 6.07) is 0. The third-order valence-corrected chi connectivity index (χ3v) is 3.33. The van der Waals surface area contributed by atoms with Crippen LogP contribution in [0.25, 0.3) is 0 Å². The molecule has 1 atom stereocenters. The molecule has 3 nitrogen and oxygen atoms in total. The van der Waals surface area contributed by atoms with Gasteiger partial charge in [0.2, 0.25) is 0 Å². The molecule has 0 aliphatic carbocycles. The average Bonchev–Trinajstić information content (AvgIpc) is 1.77. The van der Waals surface area contributed by atoms with E-state index in [2.05, 4.69) is 0 Å². The van der Waals surface area contributed by atoms with Crippen molar-refractivity contribution in [1.82, 2.24) is 0 Å². The highest BCUT2D eigenvalue weighted by atomic mass is 32.2. The van der Waals surface area contributed by atoms with E-state index >= 15 is 0 Å². The zero-order valence-electron chi connectivity index (χ0n) is 5.41. The van der Waals surface area contributed by atoms with Crippen molar-refractivity contribution in [3.8, 4) is 0 Å². The predicted molar refractivity (Wildman–Crippen MR) is 37.5 cm³/mol. The Labute approximate surface area is 63.4 Å². The summed E-state index contributed by atoms with van der Waals surface area (Å²) in [6.07, 6.45) is 1.72. The molecule has 0 amide bonds. The van der Waals surface area contributed by atoms with E-state index in [0.29, 0.717) is 0 Å². The van der Waals surface area contributed by atoms with Crippen molar-refractivity contribution in [2.24, 2.45) is 0 Å². The summed E-state index contributed by atoms with van der Waals surface area (Å²) in [6.45, 7) is 0.514. The van der Waals surface area contributed by atoms with Gasteiger partial charge in [-0.1, -0.05) is 0 Å². The number of rotatable bonds is 1. The average molecular weight is 161 g/mol. The van der Waals surface area contributed by atoms with Gasteiger partial charge in [-0.05, 0) is 0 Å². The van der Waals surface area contributed by atoms with Crippen LogP contribution in [0.1, 0.15) is 0 Å². The maximum Gasteiger partial charge on any atom is 0.149 e. The molecule has 0 aromatic heterocycles. The van der Waals surface area contributed by atoms with Gasteiger partial charge in [0, 0.05) is 12.2 Å². The number of hydrogen-bond donors (Lipinski definition) is 2. The van der Waals surface area contributed by atoms with Gasteiger partial charge < -0.3 is 14.9 Å². The lowest BCUT2D eigenvalue weighted by atomic mass is 9.91. The first kappa shape index (κ1) is 6.91. The molecule has 4 heteroatoms. The summed E-state index contributed by atoms with van der Waals surface area (Å²) in [5.74, 6) is 0.818. The molecule has 0 spiro atoms. The Kier molecular flexibility index (Phi) is 1.30. The molecule has 2 N–H and O–H groups in total. The van der Waals surface area contributed by atoms with Crippen molar-refractivity contribution < 1.29 is 14.9 Å². The Morgan fingerprint density at radius 3 is 2.10 bits per heavy atom. The van der Waals surface area contributed by atoms with E-state index in [4.69, 9.17) is 4.74 Å². The summed E-state index contributed by atoms with van der Waals surface area (Å²) >= 11 is 1.36. The molecular weight excluding hydrogens is 152 g/mol. The molecule has 0 bridgehead atoms.